The maximum atomic E-state index is 12.8. The second kappa shape index (κ2) is 9.41. The molecular weight excluding hydrogens is 341 g/mol. The van der Waals surface area contributed by atoms with Gasteiger partial charge >= 0.3 is 5.97 Å². The summed E-state index contributed by atoms with van der Waals surface area (Å²) in [6, 6.07) is 10.8. The molecule has 0 aliphatic carbocycles. The van der Waals surface area contributed by atoms with Crippen LogP contribution in [0, 0.1) is 5.82 Å². The summed E-state index contributed by atoms with van der Waals surface area (Å²) in [6.45, 7) is -0.414. The van der Waals surface area contributed by atoms with Crippen molar-refractivity contribution in [3.8, 4) is 11.5 Å². The van der Waals surface area contributed by atoms with Crippen molar-refractivity contribution in [2.75, 3.05) is 26.1 Å². The minimum Gasteiger partial charge on any atom is -0.497 e. The summed E-state index contributed by atoms with van der Waals surface area (Å²) < 4.78 is 28.0. The molecule has 0 aliphatic rings. The van der Waals surface area contributed by atoms with Crippen molar-refractivity contribution in [3.63, 3.8) is 0 Å². The van der Waals surface area contributed by atoms with Crippen LogP contribution in [0.5, 0.6) is 11.5 Å². The van der Waals surface area contributed by atoms with E-state index in [2.05, 4.69) is 5.32 Å². The van der Waals surface area contributed by atoms with Crippen molar-refractivity contribution < 1.29 is 28.2 Å². The van der Waals surface area contributed by atoms with Crippen LogP contribution >= 0.6 is 0 Å². The first kappa shape index (κ1) is 19.2. The van der Waals surface area contributed by atoms with Gasteiger partial charge < -0.3 is 19.5 Å². The Kier molecular flexibility index (Phi) is 6.96. The minimum absolute atomic E-state index is 0.0986. The van der Waals surface area contributed by atoms with Gasteiger partial charge in [0.2, 0.25) is 0 Å². The Hall–Kier alpha value is -3.09. The molecule has 1 amide bonds. The van der Waals surface area contributed by atoms with E-state index in [1.54, 1.807) is 30.3 Å². The molecule has 2 aromatic rings. The predicted octanol–water partition coefficient (Wildman–Crippen LogP) is 2.96. The summed E-state index contributed by atoms with van der Waals surface area (Å²) in [5.74, 6) is -0.325. The summed E-state index contributed by atoms with van der Waals surface area (Å²) in [6.07, 6.45) is 0.506. The van der Waals surface area contributed by atoms with Crippen LogP contribution in [0.15, 0.2) is 42.5 Å². The van der Waals surface area contributed by atoms with Crippen LogP contribution in [0.2, 0.25) is 0 Å². The van der Waals surface area contributed by atoms with Gasteiger partial charge in [-0.25, -0.2) is 4.39 Å². The van der Waals surface area contributed by atoms with Gasteiger partial charge in [0.1, 0.15) is 17.3 Å². The van der Waals surface area contributed by atoms with Crippen molar-refractivity contribution >= 4 is 17.6 Å². The molecule has 1 N–H and O–H groups in total. The van der Waals surface area contributed by atoms with Crippen molar-refractivity contribution in [3.05, 3.63) is 53.8 Å². The number of esters is 1. The molecule has 7 heteroatoms. The number of carbonyl (C=O) groups excluding carboxylic acids is 2. The van der Waals surface area contributed by atoms with Crippen molar-refractivity contribution in [1.29, 1.82) is 0 Å². The third-order valence-corrected chi connectivity index (χ3v) is 3.58. The molecule has 0 heterocycles. The molecule has 2 aromatic carbocycles. The Morgan fingerprint density at radius 1 is 1.04 bits per heavy atom. The number of carbonyl (C=O) groups is 2. The summed E-state index contributed by atoms with van der Waals surface area (Å²) >= 11 is 0. The van der Waals surface area contributed by atoms with Crippen LogP contribution < -0.4 is 14.8 Å². The zero-order chi connectivity index (χ0) is 18.9. The molecule has 0 atom stereocenters. The Morgan fingerprint density at radius 2 is 1.77 bits per heavy atom. The average Bonchev–Trinajstić information content (AvgIpc) is 2.65. The zero-order valence-electron chi connectivity index (χ0n) is 14.6. The molecule has 0 saturated heterocycles. The van der Waals surface area contributed by atoms with Gasteiger partial charge in [0.25, 0.3) is 5.91 Å². The topological polar surface area (TPSA) is 73.9 Å². The molecule has 0 radical (unpaired) electrons. The van der Waals surface area contributed by atoms with E-state index in [-0.39, 0.29) is 12.2 Å². The van der Waals surface area contributed by atoms with E-state index in [0.717, 1.165) is 5.56 Å². The number of halogens is 1. The highest BCUT2D eigenvalue weighted by atomic mass is 19.1. The van der Waals surface area contributed by atoms with E-state index in [0.29, 0.717) is 23.6 Å². The lowest BCUT2D eigenvalue weighted by Gasteiger charge is -2.12. The lowest BCUT2D eigenvalue weighted by atomic mass is 10.1. The first-order valence-corrected chi connectivity index (χ1v) is 7.93. The maximum Gasteiger partial charge on any atom is 0.306 e. The fourth-order valence-electron chi connectivity index (χ4n) is 2.21. The second-order valence-electron chi connectivity index (χ2n) is 5.40. The van der Waals surface area contributed by atoms with Crippen molar-refractivity contribution in [1.82, 2.24) is 0 Å². The van der Waals surface area contributed by atoms with Crippen LogP contribution in [0.3, 0.4) is 0 Å². The lowest BCUT2D eigenvalue weighted by Crippen LogP contribution is -2.21. The first-order chi connectivity index (χ1) is 12.5. The predicted molar refractivity (Wildman–Crippen MR) is 93.9 cm³/mol. The number of amides is 1. The fraction of sp³-hybridized carbons (Fsp3) is 0.263. The van der Waals surface area contributed by atoms with Crippen molar-refractivity contribution in [2.45, 2.75) is 12.8 Å². The number of methoxy groups -OCH3 is 2. The maximum absolute atomic E-state index is 12.8. The Morgan fingerprint density at radius 3 is 2.42 bits per heavy atom. The summed E-state index contributed by atoms with van der Waals surface area (Å²) in [4.78, 5) is 23.7. The van der Waals surface area contributed by atoms with Gasteiger partial charge in [-0.1, -0.05) is 12.1 Å². The second-order valence-corrected chi connectivity index (χ2v) is 5.40. The molecule has 0 aromatic heterocycles. The van der Waals surface area contributed by atoms with E-state index in [1.807, 2.05) is 0 Å². The van der Waals surface area contributed by atoms with Gasteiger partial charge in [-0.3, -0.25) is 9.59 Å². The number of anilines is 1. The molecule has 0 unspecified atom stereocenters. The van der Waals surface area contributed by atoms with Gasteiger partial charge in [-0.05, 0) is 36.2 Å². The van der Waals surface area contributed by atoms with Crippen molar-refractivity contribution in [2.24, 2.45) is 0 Å². The largest absolute Gasteiger partial charge is 0.497 e. The molecule has 138 valence electrons. The SMILES string of the molecule is COc1ccc(OC)c(NC(=O)COC(=O)CCc2ccc(F)cc2)c1. The lowest BCUT2D eigenvalue weighted by molar-refractivity contribution is -0.147. The number of benzene rings is 2. The van der Waals surface area contributed by atoms with Crippen LogP contribution in [0.25, 0.3) is 0 Å². The standard InChI is InChI=1S/C19H20FNO5/c1-24-15-8-9-17(25-2)16(11-15)21-18(22)12-26-19(23)10-5-13-3-6-14(20)7-4-13/h3-4,6-9,11H,5,10,12H2,1-2H3,(H,21,22). The fourth-order valence-corrected chi connectivity index (χ4v) is 2.21. The Labute approximate surface area is 150 Å². The zero-order valence-corrected chi connectivity index (χ0v) is 14.6. The highest BCUT2D eigenvalue weighted by Gasteiger charge is 2.12. The van der Waals surface area contributed by atoms with E-state index >= 15 is 0 Å². The van der Waals surface area contributed by atoms with E-state index in [9.17, 15) is 14.0 Å². The average molecular weight is 361 g/mol. The van der Waals surface area contributed by atoms with E-state index in [4.69, 9.17) is 14.2 Å². The normalized spacial score (nSPS) is 10.1. The van der Waals surface area contributed by atoms with E-state index < -0.39 is 18.5 Å². The third-order valence-electron chi connectivity index (χ3n) is 3.58. The molecule has 0 saturated carbocycles. The summed E-state index contributed by atoms with van der Waals surface area (Å²) in [7, 11) is 2.99. The summed E-state index contributed by atoms with van der Waals surface area (Å²) in [5.41, 5.74) is 1.23. The smallest absolute Gasteiger partial charge is 0.306 e. The van der Waals surface area contributed by atoms with Gasteiger partial charge in [-0.15, -0.1) is 0 Å². The number of aryl methyl sites for hydroxylation is 1. The summed E-state index contributed by atoms with van der Waals surface area (Å²) in [5, 5.41) is 2.61. The molecule has 26 heavy (non-hydrogen) atoms. The third kappa shape index (κ3) is 5.77. The number of ether oxygens (including phenoxy) is 3. The highest BCUT2D eigenvalue weighted by molar-refractivity contribution is 5.94. The molecular formula is C19H20FNO5. The molecule has 0 spiro atoms. The number of rotatable bonds is 8. The molecule has 0 bridgehead atoms. The van der Waals surface area contributed by atoms with Gasteiger partial charge in [0, 0.05) is 12.5 Å². The Bertz CT molecular complexity index is 761. The Balaban J connectivity index is 1.81. The number of hydrogen-bond donors (Lipinski definition) is 1. The highest BCUT2D eigenvalue weighted by Crippen LogP contribution is 2.28. The monoisotopic (exact) mass is 361 g/mol. The number of nitrogens with one attached hydrogen (secondary N) is 1. The van der Waals surface area contributed by atoms with Gasteiger partial charge in [-0.2, -0.15) is 0 Å². The molecule has 0 fully saturated rings. The molecule has 6 nitrogen and oxygen atoms in total. The first-order valence-electron chi connectivity index (χ1n) is 7.93. The van der Waals surface area contributed by atoms with Crippen LogP contribution in [0.4, 0.5) is 10.1 Å². The van der Waals surface area contributed by atoms with Crippen LogP contribution in [-0.4, -0.2) is 32.7 Å². The quantitative estimate of drug-likeness (QED) is 0.732. The van der Waals surface area contributed by atoms with E-state index in [1.165, 1.54) is 26.4 Å². The minimum atomic E-state index is -0.512. The van der Waals surface area contributed by atoms with Crippen LogP contribution in [-0.2, 0) is 20.7 Å². The molecule has 2 rings (SSSR count). The number of hydrogen-bond acceptors (Lipinski definition) is 5. The van der Waals surface area contributed by atoms with Gasteiger partial charge in [0.15, 0.2) is 6.61 Å². The van der Waals surface area contributed by atoms with Gasteiger partial charge in [0.05, 0.1) is 19.9 Å². The van der Waals surface area contributed by atoms with Crippen LogP contribution in [0.1, 0.15) is 12.0 Å². The molecule has 0 aliphatic heterocycles.